The first-order valence-corrected chi connectivity index (χ1v) is 6.86. The molecule has 1 aliphatic rings. The molecule has 2 atom stereocenters. The van der Waals surface area contributed by atoms with Crippen molar-refractivity contribution in [3.8, 4) is 5.75 Å². The minimum absolute atomic E-state index is 0.100. The number of hydrogen-bond donors (Lipinski definition) is 1. The number of hydrogen-bond acceptors (Lipinski definition) is 2. The van der Waals surface area contributed by atoms with Crippen LogP contribution in [0.2, 0.25) is 0 Å². The van der Waals surface area contributed by atoms with Crippen molar-refractivity contribution >= 4 is 0 Å². The summed E-state index contributed by atoms with van der Waals surface area (Å²) in [6.45, 7) is 9.49. The Morgan fingerprint density at radius 1 is 1.42 bits per heavy atom. The summed E-state index contributed by atoms with van der Waals surface area (Å²) < 4.78 is 19.4. The zero-order valence-electron chi connectivity index (χ0n) is 12.5. The van der Waals surface area contributed by atoms with Crippen molar-refractivity contribution in [2.45, 2.75) is 45.1 Å². The van der Waals surface area contributed by atoms with Gasteiger partial charge in [0.15, 0.2) is 0 Å². The number of ether oxygens (including phenoxy) is 1. The maximum atomic E-state index is 14.1. The first-order valence-electron chi connectivity index (χ1n) is 6.86. The molecule has 1 saturated carbocycles. The van der Waals surface area contributed by atoms with Crippen molar-refractivity contribution in [3.63, 3.8) is 0 Å². The summed E-state index contributed by atoms with van der Waals surface area (Å²) in [7, 11) is 1.60. The fourth-order valence-electron chi connectivity index (χ4n) is 2.71. The second-order valence-electron chi connectivity index (χ2n) is 6.77. The van der Waals surface area contributed by atoms with Crippen molar-refractivity contribution in [2.24, 2.45) is 5.92 Å². The van der Waals surface area contributed by atoms with E-state index in [1.165, 1.54) is 6.07 Å². The van der Waals surface area contributed by atoms with Gasteiger partial charge in [-0.25, -0.2) is 4.39 Å². The molecule has 2 nitrogen and oxygen atoms in total. The smallest absolute Gasteiger partial charge is 0.130 e. The van der Waals surface area contributed by atoms with E-state index in [1.807, 2.05) is 6.07 Å². The lowest BCUT2D eigenvalue weighted by atomic mass is 9.93. The molecule has 1 aromatic rings. The Kier molecular flexibility index (Phi) is 3.61. The summed E-state index contributed by atoms with van der Waals surface area (Å²) >= 11 is 0. The molecule has 3 heteroatoms. The van der Waals surface area contributed by atoms with Gasteiger partial charge in [0.2, 0.25) is 0 Å². The van der Waals surface area contributed by atoms with Crippen LogP contribution in [-0.4, -0.2) is 19.2 Å². The van der Waals surface area contributed by atoms with Gasteiger partial charge in [0.1, 0.15) is 11.6 Å². The summed E-state index contributed by atoms with van der Waals surface area (Å²) in [6, 6.07) is 5.07. The van der Waals surface area contributed by atoms with Crippen LogP contribution in [0.3, 0.4) is 0 Å². The van der Waals surface area contributed by atoms with Gasteiger partial charge in [-0.15, -0.1) is 0 Å². The molecule has 0 spiro atoms. The normalized spacial score (nSPS) is 26.3. The molecule has 2 unspecified atom stereocenters. The summed E-state index contributed by atoms with van der Waals surface area (Å²) in [5.41, 5.74) is 0.732. The number of halogens is 1. The highest BCUT2D eigenvalue weighted by molar-refractivity contribution is 5.45. The van der Waals surface area contributed by atoms with Gasteiger partial charge in [0.05, 0.1) is 7.11 Å². The van der Waals surface area contributed by atoms with E-state index in [1.54, 1.807) is 13.2 Å². The van der Waals surface area contributed by atoms with E-state index < -0.39 is 0 Å². The lowest BCUT2D eigenvalue weighted by Crippen LogP contribution is -2.38. The van der Waals surface area contributed by atoms with Crippen LogP contribution < -0.4 is 10.1 Å². The minimum atomic E-state index is -0.153. The van der Waals surface area contributed by atoms with E-state index in [-0.39, 0.29) is 16.8 Å². The molecule has 0 heterocycles. The van der Waals surface area contributed by atoms with Gasteiger partial charge in [-0.05, 0) is 51.8 Å². The molecule has 2 rings (SSSR count). The van der Waals surface area contributed by atoms with Crippen LogP contribution >= 0.6 is 0 Å². The predicted molar refractivity (Wildman–Crippen MR) is 76.2 cm³/mol. The molecule has 1 N–H and O–H groups in total. The van der Waals surface area contributed by atoms with Crippen LogP contribution in [0.1, 0.15) is 39.7 Å². The largest absolute Gasteiger partial charge is 0.496 e. The van der Waals surface area contributed by atoms with Crippen molar-refractivity contribution < 1.29 is 9.13 Å². The van der Waals surface area contributed by atoms with E-state index >= 15 is 0 Å². The summed E-state index contributed by atoms with van der Waals surface area (Å²) in [5, 5.41) is 3.50. The standard InChI is InChI=1S/C16H24FNO/c1-15(2,3)18-10-11-9-16(11,4)14-12(17)7-6-8-13(14)19-5/h6-8,11,18H,9-10H2,1-5H3. The molecule has 106 valence electrons. The van der Waals surface area contributed by atoms with Crippen molar-refractivity contribution in [1.82, 2.24) is 5.32 Å². The van der Waals surface area contributed by atoms with Crippen LogP contribution in [0.4, 0.5) is 4.39 Å². The third-order valence-electron chi connectivity index (χ3n) is 4.06. The van der Waals surface area contributed by atoms with Crippen molar-refractivity contribution in [1.29, 1.82) is 0 Å². The molecular formula is C16H24FNO. The lowest BCUT2D eigenvalue weighted by Gasteiger charge is -2.22. The second kappa shape index (κ2) is 4.78. The Hall–Kier alpha value is -1.09. The number of rotatable bonds is 4. The highest BCUT2D eigenvalue weighted by Crippen LogP contribution is 2.56. The summed E-state index contributed by atoms with van der Waals surface area (Å²) in [6.07, 6.45) is 1.01. The Morgan fingerprint density at radius 2 is 2.11 bits per heavy atom. The van der Waals surface area contributed by atoms with Gasteiger partial charge in [0, 0.05) is 16.5 Å². The van der Waals surface area contributed by atoms with Gasteiger partial charge in [-0.3, -0.25) is 0 Å². The Bertz CT molecular complexity index is 466. The topological polar surface area (TPSA) is 21.3 Å². The van der Waals surface area contributed by atoms with E-state index in [4.69, 9.17) is 4.74 Å². The molecule has 1 aliphatic carbocycles. The first kappa shape index (κ1) is 14.3. The molecule has 0 radical (unpaired) electrons. The minimum Gasteiger partial charge on any atom is -0.496 e. The molecule has 0 amide bonds. The van der Waals surface area contributed by atoms with Crippen LogP contribution in [0.15, 0.2) is 18.2 Å². The average molecular weight is 265 g/mol. The Morgan fingerprint density at radius 3 is 2.68 bits per heavy atom. The van der Waals surface area contributed by atoms with Gasteiger partial charge in [-0.2, -0.15) is 0 Å². The monoisotopic (exact) mass is 265 g/mol. The van der Waals surface area contributed by atoms with Gasteiger partial charge in [-0.1, -0.05) is 13.0 Å². The summed E-state index contributed by atoms with van der Waals surface area (Å²) in [5.74, 6) is 0.985. The van der Waals surface area contributed by atoms with E-state index in [0.29, 0.717) is 11.7 Å². The quantitative estimate of drug-likeness (QED) is 0.899. The van der Waals surface area contributed by atoms with E-state index in [0.717, 1.165) is 18.5 Å². The zero-order valence-corrected chi connectivity index (χ0v) is 12.5. The lowest BCUT2D eigenvalue weighted by molar-refractivity contribution is 0.386. The molecule has 19 heavy (non-hydrogen) atoms. The van der Waals surface area contributed by atoms with E-state index in [2.05, 4.69) is 33.0 Å². The van der Waals surface area contributed by atoms with Crippen LogP contribution in [0.25, 0.3) is 0 Å². The third kappa shape index (κ3) is 2.92. The fraction of sp³-hybridized carbons (Fsp3) is 0.625. The fourth-order valence-corrected chi connectivity index (χ4v) is 2.71. The number of nitrogens with one attached hydrogen (secondary N) is 1. The Labute approximate surface area is 115 Å². The van der Waals surface area contributed by atoms with Gasteiger partial charge < -0.3 is 10.1 Å². The summed E-state index contributed by atoms with van der Waals surface area (Å²) in [4.78, 5) is 0. The molecule has 0 aliphatic heterocycles. The van der Waals surface area contributed by atoms with E-state index in [9.17, 15) is 4.39 Å². The molecule has 0 bridgehead atoms. The van der Waals surface area contributed by atoms with Crippen LogP contribution in [0, 0.1) is 11.7 Å². The number of benzene rings is 1. The molecule has 1 aromatic carbocycles. The molecule has 0 saturated heterocycles. The average Bonchev–Trinajstić information content (AvgIpc) is 2.97. The van der Waals surface area contributed by atoms with Crippen LogP contribution in [-0.2, 0) is 5.41 Å². The van der Waals surface area contributed by atoms with Crippen LogP contribution in [0.5, 0.6) is 5.75 Å². The molecule has 0 aromatic heterocycles. The number of methoxy groups -OCH3 is 1. The predicted octanol–water partition coefficient (Wildman–Crippen LogP) is 3.50. The van der Waals surface area contributed by atoms with Crippen molar-refractivity contribution in [2.75, 3.05) is 13.7 Å². The molecule has 1 fully saturated rings. The maximum absolute atomic E-state index is 14.1. The maximum Gasteiger partial charge on any atom is 0.130 e. The second-order valence-corrected chi connectivity index (χ2v) is 6.77. The van der Waals surface area contributed by atoms with Gasteiger partial charge in [0.25, 0.3) is 0 Å². The highest BCUT2D eigenvalue weighted by atomic mass is 19.1. The zero-order chi connectivity index (χ0) is 14.3. The highest BCUT2D eigenvalue weighted by Gasteiger charge is 2.53. The first-order chi connectivity index (χ1) is 8.78. The van der Waals surface area contributed by atoms with Gasteiger partial charge >= 0.3 is 0 Å². The van der Waals surface area contributed by atoms with Crippen molar-refractivity contribution in [3.05, 3.63) is 29.6 Å². The SMILES string of the molecule is COc1cccc(F)c1C1(C)CC1CNC(C)(C)C. The third-order valence-corrected chi connectivity index (χ3v) is 4.06. The molecular weight excluding hydrogens is 241 g/mol. The Balaban J connectivity index is 2.16.